The summed E-state index contributed by atoms with van der Waals surface area (Å²) in [6.07, 6.45) is 5.86. The molecule has 0 aromatic heterocycles. The summed E-state index contributed by atoms with van der Waals surface area (Å²) in [5.41, 5.74) is 0. The summed E-state index contributed by atoms with van der Waals surface area (Å²) in [6.45, 7) is 1.22. The predicted molar refractivity (Wildman–Crippen MR) is 72.4 cm³/mol. The Bertz CT molecular complexity index is 354. The number of rotatable bonds is 5. The Morgan fingerprint density at radius 2 is 2.06 bits per heavy atom. The lowest BCUT2D eigenvalue weighted by molar-refractivity contribution is 0.127. The van der Waals surface area contributed by atoms with E-state index in [0.717, 1.165) is 38.5 Å². The third-order valence-electron chi connectivity index (χ3n) is 3.74. The van der Waals surface area contributed by atoms with E-state index in [9.17, 15) is 8.42 Å². The van der Waals surface area contributed by atoms with Crippen molar-refractivity contribution in [1.82, 2.24) is 4.72 Å². The number of nitrogens with one attached hydrogen (secondary N) is 1. The molecule has 1 N–H and O–H groups in total. The van der Waals surface area contributed by atoms with E-state index in [1.165, 1.54) is 0 Å². The molecule has 4 nitrogen and oxygen atoms in total. The summed E-state index contributed by atoms with van der Waals surface area (Å²) < 4.78 is 31.8. The second-order valence-corrected chi connectivity index (χ2v) is 7.86. The molecule has 1 heterocycles. The second kappa shape index (κ2) is 6.55. The third kappa shape index (κ3) is 4.68. The van der Waals surface area contributed by atoms with Crippen LogP contribution in [0.1, 0.15) is 38.5 Å². The summed E-state index contributed by atoms with van der Waals surface area (Å²) in [6, 6.07) is 0. The van der Waals surface area contributed by atoms with Crippen LogP contribution in [0.25, 0.3) is 0 Å². The van der Waals surface area contributed by atoms with Crippen molar-refractivity contribution in [3.8, 4) is 0 Å². The second-order valence-electron chi connectivity index (χ2n) is 5.39. The van der Waals surface area contributed by atoms with Crippen LogP contribution in [0.4, 0.5) is 0 Å². The first kappa shape index (κ1) is 14.6. The van der Waals surface area contributed by atoms with E-state index >= 15 is 0 Å². The van der Waals surface area contributed by atoms with Crippen LogP contribution in [0.15, 0.2) is 0 Å². The zero-order valence-electron chi connectivity index (χ0n) is 10.6. The molecule has 3 unspecified atom stereocenters. The van der Waals surface area contributed by atoms with Crippen LogP contribution in [-0.4, -0.2) is 38.8 Å². The van der Waals surface area contributed by atoms with Crippen molar-refractivity contribution in [1.29, 1.82) is 0 Å². The topological polar surface area (TPSA) is 55.4 Å². The molecule has 0 spiro atoms. The Labute approximate surface area is 114 Å². The zero-order chi connectivity index (χ0) is 13.0. The van der Waals surface area contributed by atoms with Gasteiger partial charge in [-0.2, -0.15) is 0 Å². The molecule has 106 valence electrons. The Morgan fingerprint density at radius 3 is 2.72 bits per heavy atom. The lowest BCUT2D eigenvalue weighted by Crippen LogP contribution is -2.36. The molecule has 1 aliphatic heterocycles. The molecule has 1 aliphatic carbocycles. The summed E-state index contributed by atoms with van der Waals surface area (Å²) >= 11 is 6.10. The number of hydrogen-bond donors (Lipinski definition) is 1. The lowest BCUT2D eigenvalue weighted by atomic mass is 9.89. The van der Waals surface area contributed by atoms with Crippen LogP contribution >= 0.6 is 11.6 Å². The minimum Gasteiger partial charge on any atom is -0.377 e. The van der Waals surface area contributed by atoms with E-state index in [-0.39, 0.29) is 17.2 Å². The number of ether oxygens (including phenoxy) is 1. The molecule has 0 aromatic rings. The van der Waals surface area contributed by atoms with E-state index in [2.05, 4.69) is 4.72 Å². The van der Waals surface area contributed by atoms with Crippen molar-refractivity contribution in [3.05, 3.63) is 0 Å². The maximum absolute atomic E-state index is 11.9. The SMILES string of the molecule is O=S(=O)(CC1CCCO1)NCC1CCCC(Cl)C1. The first-order valence-corrected chi connectivity index (χ1v) is 8.87. The Hall–Kier alpha value is 0.160. The normalized spacial score (nSPS) is 33.7. The zero-order valence-corrected chi connectivity index (χ0v) is 12.2. The fourth-order valence-corrected chi connectivity index (χ4v) is 4.50. The van der Waals surface area contributed by atoms with Gasteiger partial charge in [0.2, 0.25) is 10.0 Å². The minimum atomic E-state index is -3.20. The van der Waals surface area contributed by atoms with Crippen molar-refractivity contribution >= 4 is 21.6 Å². The van der Waals surface area contributed by atoms with Crippen molar-refractivity contribution in [2.45, 2.75) is 50.0 Å². The number of sulfonamides is 1. The van der Waals surface area contributed by atoms with E-state index in [1.54, 1.807) is 0 Å². The fraction of sp³-hybridized carbons (Fsp3) is 1.00. The molecule has 0 bridgehead atoms. The van der Waals surface area contributed by atoms with E-state index in [4.69, 9.17) is 16.3 Å². The Balaban J connectivity index is 1.73. The molecule has 18 heavy (non-hydrogen) atoms. The Kier molecular flexibility index (Phi) is 5.30. The molecule has 6 heteroatoms. The quantitative estimate of drug-likeness (QED) is 0.788. The van der Waals surface area contributed by atoms with Gasteiger partial charge in [0, 0.05) is 18.5 Å². The van der Waals surface area contributed by atoms with Gasteiger partial charge in [-0.15, -0.1) is 11.6 Å². The van der Waals surface area contributed by atoms with Gasteiger partial charge >= 0.3 is 0 Å². The lowest BCUT2D eigenvalue weighted by Gasteiger charge is -2.25. The highest BCUT2D eigenvalue weighted by Gasteiger charge is 2.25. The van der Waals surface area contributed by atoms with Gasteiger partial charge in [-0.3, -0.25) is 0 Å². The largest absolute Gasteiger partial charge is 0.377 e. The highest BCUT2D eigenvalue weighted by atomic mass is 35.5. The van der Waals surface area contributed by atoms with Crippen molar-refractivity contribution in [2.75, 3.05) is 18.9 Å². The molecule has 2 fully saturated rings. The summed E-state index contributed by atoms with van der Waals surface area (Å²) in [5.74, 6) is 0.491. The summed E-state index contributed by atoms with van der Waals surface area (Å²) in [4.78, 5) is 0. The van der Waals surface area contributed by atoms with Crippen LogP contribution in [0.2, 0.25) is 0 Å². The summed E-state index contributed by atoms with van der Waals surface area (Å²) in [7, 11) is -3.20. The van der Waals surface area contributed by atoms with Crippen molar-refractivity contribution in [3.63, 3.8) is 0 Å². The molecule has 1 saturated heterocycles. The van der Waals surface area contributed by atoms with Gasteiger partial charge in [0.1, 0.15) is 0 Å². The summed E-state index contributed by atoms with van der Waals surface area (Å²) in [5, 5.41) is 0.214. The fourth-order valence-electron chi connectivity index (χ4n) is 2.74. The molecule has 1 saturated carbocycles. The van der Waals surface area contributed by atoms with Gasteiger partial charge < -0.3 is 4.74 Å². The van der Waals surface area contributed by atoms with Gasteiger partial charge in [-0.05, 0) is 38.0 Å². The minimum absolute atomic E-state index is 0.101. The van der Waals surface area contributed by atoms with E-state index in [1.807, 2.05) is 0 Å². The molecular weight excluding hydrogens is 274 g/mol. The Morgan fingerprint density at radius 1 is 1.22 bits per heavy atom. The molecule has 0 aromatic carbocycles. The van der Waals surface area contributed by atoms with Crippen LogP contribution in [0, 0.1) is 5.92 Å². The van der Waals surface area contributed by atoms with Crippen molar-refractivity contribution < 1.29 is 13.2 Å². The van der Waals surface area contributed by atoms with Crippen LogP contribution in [-0.2, 0) is 14.8 Å². The van der Waals surface area contributed by atoms with Gasteiger partial charge in [0.15, 0.2) is 0 Å². The van der Waals surface area contributed by atoms with Crippen LogP contribution < -0.4 is 4.72 Å². The molecule has 3 atom stereocenters. The smallest absolute Gasteiger partial charge is 0.214 e. The molecule has 0 amide bonds. The number of hydrogen-bond acceptors (Lipinski definition) is 3. The van der Waals surface area contributed by atoms with Crippen LogP contribution in [0.3, 0.4) is 0 Å². The maximum atomic E-state index is 11.9. The average molecular weight is 296 g/mol. The van der Waals surface area contributed by atoms with Gasteiger partial charge in [-0.1, -0.05) is 6.42 Å². The number of halogens is 1. The van der Waals surface area contributed by atoms with Gasteiger partial charge in [0.05, 0.1) is 11.9 Å². The van der Waals surface area contributed by atoms with Gasteiger partial charge in [-0.25, -0.2) is 13.1 Å². The molecule has 0 radical (unpaired) electrons. The predicted octanol–water partition coefficient (Wildman–Crippen LogP) is 1.88. The highest BCUT2D eigenvalue weighted by Crippen LogP contribution is 2.27. The van der Waals surface area contributed by atoms with Gasteiger partial charge in [0.25, 0.3) is 0 Å². The highest BCUT2D eigenvalue weighted by molar-refractivity contribution is 7.89. The molecule has 2 rings (SSSR count). The van der Waals surface area contributed by atoms with Crippen molar-refractivity contribution in [2.24, 2.45) is 5.92 Å². The third-order valence-corrected chi connectivity index (χ3v) is 5.55. The molecule has 2 aliphatic rings. The monoisotopic (exact) mass is 295 g/mol. The first-order chi connectivity index (χ1) is 8.55. The first-order valence-electron chi connectivity index (χ1n) is 6.78. The maximum Gasteiger partial charge on any atom is 0.214 e. The number of alkyl halides is 1. The van der Waals surface area contributed by atoms with E-state index in [0.29, 0.717) is 19.1 Å². The average Bonchev–Trinajstić information content (AvgIpc) is 2.79. The molecular formula is C12H22ClNO3S. The standard InChI is InChI=1S/C12H22ClNO3S/c13-11-4-1-3-10(7-11)8-14-18(15,16)9-12-5-2-6-17-12/h10-12,14H,1-9H2. The van der Waals surface area contributed by atoms with Crippen LogP contribution in [0.5, 0.6) is 0 Å². The van der Waals surface area contributed by atoms with E-state index < -0.39 is 10.0 Å².